The van der Waals surface area contributed by atoms with E-state index >= 15 is 8.78 Å². The van der Waals surface area contributed by atoms with E-state index in [1.807, 2.05) is 19.9 Å². The second-order valence-corrected chi connectivity index (χ2v) is 10.8. The van der Waals surface area contributed by atoms with Crippen LogP contribution in [0, 0.1) is 28.8 Å². The molecule has 5 aromatic rings. The molecule has 2 aromatic heterocycles. The van der Waals surface area contributed by atoms with Crippen molar-refractivity contribution in [2.45, 2.75) is 51.9 Å². The van der Waals surface area contributed by atoms with Crippen LogP contribution in [0.4, 0.5) is 22.0 Å². The van der Waals surface area contributed by atoms with Gasteiger partial charge < -0.3 is 19.1 Å². The third-order valence-electron chi connectivity index (χ3n) is 7.56. The number of alkyl halides is 2. The smallest absolute Gasteiger partial charge is 0.335 e. The van der Waals surface area contributed by atoms with Crippen LogP contribution in [-0.4, -0.2) is 44.2 Å². The molecular formula is C35H29F5N4O4. The summed E-state index contributed by atoms with van der Waals surface area (Å²) in [5, 5.41) is 18.4. The molecule has 248 valence electrons. The standard InChI is InChI=1S/C33H23F5N4O4.C2H6/c34-24-8-18(14-39)4-5-20(24)16-45-31-3-1-2-27(41-31)23-12-25(35)21(9-26(23)36)11-30-40-28-7-6-19(32(43)44)10-29(28)42(30)15-22-13-33(37,38)17-46-22;1-2/h1-10,12,22H,11,13,15-17H2,(H,43,44);1-2H3. The third kappa shape index (κ3) is 7.44. The Balaban J connectivity index is 0.00000221. The lowest BCUT2D eigenvalue weighted by atomic mass is 10.0. The van der Waals surface area contributed by atoms with Crippen molar-refractivity contribution in [3.05, 3.63) is 112 Å². The highest BCUT2D eigenvalue weighted by atomic mass is 19.3. The lowest BCUT2D eigenvalue weighted by Gasteiger charge is -2.15. The Bertz CT molecular complexity index is 2020. The molecular weight excluding hydrogens is 635 g/mol. The number of nitrogens with zero attached hydrogens (tertiary/aromatic N) is 4. The van der Waals surface area contributed by atoms with Crippen LogP contribution < -0.4 is 4.74 Å². The molecule has 8 nitrogen and oxygen atoms in total. The van der Waals surface area contributed by atoms with Gasteiger partial charge in [-0.3, -0.25) is 0 Å². The summed E-state index contributed by atoms with van der Waals surface area (Å²) in [5.41, 5.74) is 0.742. The number of ether oxygens (including phenoxy) is 2. The highest BCUT2D eigenvalue weighted by Gasteiger charge is 2.41. The molecule has 0 spiro atoms. The van der Waals surface area contributed by atoms with Gasteiger partial charge >= 0.3 is 5.97 Å². The van der Waals surface area contributed by atoms with E-state index < -0.39 is 48.5 Å². The first-order valence-electron chi connectivity index (χ1n) is 15.0. The lowest BCUT2D eigenvalue weighted by Crippen LogP contribution is -2.19. The molecule has 3 heterocycles. The monoisotopic (exact) mass is 664 g/mol. The molecule has 13 heteroatoms. The van der Waals surface area contributed by atoms with E-state index in [1.54, 1.807) is 0 Å². The molecule has 6 rings (SSSR count). The summed E-state index contributed by atoms with van der Waals surface area (Å²) in [6, 6.07) is 16.3. The van der Waals surface area contributed by atoms with E-state index in [-0.39, 0.29) is 64.8 Å². The maximum absolute atomic E-state index is 15.5. The molecule has 1 atom stereocenters. The van der Waals surface area contributed by atoms with Gasteiger partial charge in [0, 0.05) is 30.0 Å². The molecule has 0 bridgehead atoms. The molecule has 1 fully saturated rings. The first-order chi connectivity index (χ1) is 23.0. The fourth-order valence-electron chi connectivity index (χ4n) is 5.28. The number of aromatic nitrogens is 3. The van der Waals surface area contributed by atoms with Crippen molar-refractivity contribution < 1.29 is 41.3 Å². The van der Waals surface area contributed by atoms with E-state index in [2.05, 4.69) is 9.97 Å². The van der Waals surface area contributed by atoms with Crippen LogP contribution in [-0.2, 0) is 24.3 Å². The van der Waals surface area contributed by atoms with E-state index in [0.29, 0.717) is 11.0 Å². The van der Waals surface area contributed by atoms with Gasteiger partial charge in [-0.1, -0.05) is 26.0 Å². The van der Waals surface area contributed by atoms with Gasteiger partial charge in [-0.05, 0) is 54.1 Å². The summed E-state index contributed by atoms with van der Waals surface area (Å²) in [7, 11) is 0. The van der Waals surface area contributed by atoms with Gasteiger partial charge in [0.15, 0.2) is 0 Å². The molecule has 1 saturated heterocycles. The summed E-state index contributed by atoms with van der Waals surface area (Å²) in [4.78, 5) is 20.3. The van der Waals surface area contributed by atoms with Crippen molar-refractivity contribution in [1.29, 1.82) is 5.26 Å². The van der Waals surface area contributed by atoms with Crippen LogP contribution in [0.15, 0.2) is 66.7 Å². The van der Waals surface area contributed by atoms with Crippen molar-refractivity contribution in [1.82, 2.24) is 14.5 Å². The van der Waals surface area contributed by atoms with Crippen molar-refractivity contribution >= 4 is 17.0 Å². The molecule has 1 aliphatic heterocycles. The molecule has 0 amide bonds. The van der Waals surface area contributed by atoms with Gasteiger partial charge in [-0.2, -0.15) is 5.26 Å². The Kier molecular flexibility index (Phi) is 10.0. The normalized spacial score (nSPS) is 15.1. The quantitative estimate of drug-likeness (QED) is 0.161. The van der Waals surface area contributed by atoms with Gasteiger partial charge in [-0.25, -0.2) is 36.7 Å². The minimum Gasteiger partial charge on any atom is -0.478 e. The summed E-state index contributed by atoms with van der Waals surface area (Å²) >= 11 is 0. The van der Waals surface area contributed by atoms with Crippen molar-refractivity contribution in [3.8, 4) is 23.2 Å². The number of imidazole rings is 1. The fraction of sp³-hybridized carbons (Fsp3) is 0.257. The average Bonchev–Trinajstić information content (AvgIpc) is 3.60. The number of carboxylic acids is 1. The fourth-order valence-corrected chi connectivity index (χ4v) is 5.28. The van der Waals surface area contributed by atoms with Gasteiger partial charge in [0.25, 0.3) is 5.92 Å². The zero-order chi connectivity index (χ0) is 34.6. The first kappa shape index (κ1) is 34.0. The minimum absolute atomic E-state index is 0.0271. The van der Waals surface area contributed by atoms with E-state index in [1.165, 1.54) is 53.1 Å². The number of carbonyl (C=O) groups is 1. The van der Waals surface area contributed by atoms with Crippen LogP contribution in [0.3, 0.4) is 0 Å². The SMILES string of the molecule is CC.N#Cc1ccc(COc2cccc(-c3cc(F)c(Cc4nc5ccc(C(=O)O)cc5n4CC4CC(F)(F)CO4)cc3F)n2)c(F)c1. The summed E-state index contributed by atoms with van der Waals surface area (Å²) in [6.07, 6.45) is -1.70. The average molecular weight is 665 g/mol. The maximum atomic E-state index is 15.5. The maximum Gasteiger partial charge on any atom is 0.335 e. The summed E-state index contributed by atoms with van der Waals surface area (Å²) in [6.45, 7) is 2.92. The molecule has 3 aromatic carbocycles. The summed E-state index contributed by atoms with van der Waals surface area (Å²) in [5.74, 6) is -6.23. The largest absolute Gasteiger partial charge is 0.478 e. The number of aromatic carboxylic acids is 1. The molecule has 1 aliphatic rings. The second-order valence-electron chi connectivity index (χ2n) is 10.8. The van der Waals surface area contributed by atoms with E-state index in [0.717, 1.165) is 18.2 Å². The van der Waals surface area contributed by atoms with E-state index in [9.17, 15) is 23.1 Å². The number of rotatable bonds is 9. The predicted molar refractivity (Wildman–Crippen MR) is 165 cm³/mol. The molecule has 1 unspecified atom stereocenters. The molecule has 0 saturated carbocycles. The van der Waals surface area contributed by atoms with Crippen LogP contribution in [0.5, 0.6) is 5.88 Å². The Hall–Kier alpha value is -5.35. The number of pyridine rings is 1. The van der Waals surface area contributed by atoms with Crippen LogP contribution in [0.25, 0.3) is 22.3 Å². The summed E-state index contributed by atoms with van der Waals surface area (Å²) < 4.78 is 85.2. The topological polar surface area (TPSA) is 110 Å². The second kappa shape index (κ2) is 14.2. The number of benzene rings is 3. The Labute approximate surface area is 272 Å². The van der Waals surface area contributed by atoms with Crippen LogP contribution >= 0.6 is 0 Å². The predicted octanol–water partition coefficient (Wildman–Crippen LogP) is 7.71. The van der Waals surface area contributed by atoms with Crippen LogP contribution in [0.2, 0.25) is 0 Å². The van der Waals surface area contributed by atoms with Crippen molar-refractivity contribution in [2.24, 2.45) is 0 Å². The Morgan fingerprint density at radius 3 is 2.48 bits per heavy atom. The Morgan fingerprint density at radius 2 is 1.79 bits per heavy atom. The zero-order valence-corrected chi connectivity index (χ0v) is 25.8. The van der Waals surface area contributed by atoms with E-state index in [4.69, 9.17) is 14.7 Å². The number of fused-ring (bicyclic) bond motifs is 1. The molecule has 48 heavy (non-hydrogen) atoms. The number of nitriles is 1. The number of carboxylic acid groups (broad SMARTS) is 1. The van der Waals surface area contributed by atoms with Crippen LogP contribution in [0.1, 0.15) is 53.1 Å². The highest BCUT2D eigenvalue weighted by Crippen LogP contribution is 2.32. The minimum atomic E-state index is -3.02. The van der Waals surface area contributed by atoms with Crippen molar-refractivity contribution in [2.75, 3.05) is 6.61 Å². The highest BCUT2D eigenvalue weighted by molar-refractivity contribution is 5.92. The molecule has 0 aliphatic carbocycles. The van der Waals surface area contributed by atoms with Gasteiger partial charge in [-0.15, -0.1) is 0 Å². The molecule has 0 radical (unpaired) electrons. The third-order valence-corrected chi connectivity index (χ3v) is 7.56. The van der Waals surface area contributed by atoms with Crippen molar-refractivity contribution in [3.63, 3.8) is 0 Å². The van der Waals surface area contributed by atoms with Gasteiger partial charge in [0.2, 0.25) is 5.88 Å². The number of hydrogen-bond acceptors (Lipinski definition) is 6. The van der Waals surface area contributed by atoms with Gasteiger partial charge in [0.1, 0.15) is 36.5 Å². The number of hydrogen-bond donors (Lipinski definition) is 1. The lowest BCUT2D eigenvalue weighted by molar-refractivity contribution is -0.0105. The zero-order valence-electron chi connectivity index (χ0n) is 25.8. The molecule has 1 N–H and O–H groups in total. The van der Waals surface area contributed by atoms with Gasteiger partial charge in [0.05, 0.1) is 46.6 Å². The Morgan fingerprint density at radius 1 is 1.02 bits per heavy atom. The number of halogens is 5. The first-order valence-corrected chi connectivity index (χ1v) is 15.0.